The average Bonchev–Trinajstić information content (AvgIpc) is 3.22. The molecule has 0 aliphatic carbocycles. The quantitative estimate of drug-likeness (QED) is 0.0264. The Bertz CT molecular complexity index is 984. The van der Waals surface area contributed by atoms with Crippen molar-refractivity contribution in [1.82, 2.24) is 0 Å². The summed E-state index contributed by atoms with van der Waals surface area (Å²) in [5.74, 6) is -0.896. The Morgan fingerprint density at radius 3 is 0.983 bits per heavy atom. The molecular formula is C52H94O6. The highest BCUT2D eigenvalue weighted by Crippen LogP contribution is 2.15. The van der Waals surface area contributed by atoms with Gasteiger partial charge in [-0.25, -0.2) is 0 Å². The second kappa shape index (κ2) is 47.3. The van der Waals surface area contributed by atoms with Crippen molar-refractivity contribution in [2.75, 3.05) is 13.2 Å². The summed E-state index contributed by atoms with van der Waals surface area (Å²) in [6, 6.07) is 0. The number of esters is 3. The third kappa shape index (κ3) is 44.7. The second-order valence-corrected chi connectivity index (χ2v) is 16.7. The van der Waals surface area contributed by atoms with Gasteiger partial charge in [0.1, 0.15) is 13.2 Å². The largest absolute Gasteiger partial charge is 0.462 e. The normalized spacial score (nSPS) is 12.3. The van der Waals surface area contributed by atoms with E-state index in [4.69, 9.17) is 14.2 Å². The zero-order chi connectivity index (χ0) is 42.3. The lowest BCUT2D eigenvalue weighted by molar-refractivity contribution is -0.167. The molecule has 0 rings (SSSR count). The number of hydrogen-bond donors (Lipinski definition) is 0. The van der Waals surface area contributed by atoms with Gasteiger partial charge >= 0.3 is 17.9 Å². The van der Waals surface area contributed by atoms with Gasteiger partial charge in [0.15, 0.2) is 6.10 Å². The van der Waals surface area contributed by atoms with E-state index in [0.29, 0.717) is 19.3 Å². The molecule has 0 amide bonds. The van der Waals surface area contributed by atoms with Gasteiger partial charge in [0, 0.05) is 19.3 Å². The van der Waals surface area contributed by atoms with Gasteiger partial charge in [0.2, 0.25) is 0 Å². The highest BCUT2D eigenvalue weighted by molar-refractivity contribution is 5.71. The van der Waals surface area contributed by atoms with E-state index >= 15 is 0 Å². The lowest BCUT2D eigenvalue weighted by atomic mass is 10.1. The Balaban J connectivity index is 4.27. The molecule has 0 spiro atoms. The molecule has 0 radical (unpaired) electrons. The predicted molar refractivity (Wildman–Crippen MR) is 247 cm³/mol. The lowest BCUT2D eigenvalue weighted by Crippen LogP contribution is -2.30. The van der Waals surface area contributed by atoms with Crippen molar-refractivity contribution in [3.63, 3.8) is 0 Å². The van der Waals surface area contributed by atoms with Crippen LogP contribution < -0.4 is 0 Å². The molecule has 338 valence electrons. The maximum atomic E-state index is 12.7. The summed E-state index contributed by atoms with van der Waals surface area (Å²) < 4.78 is 16.7. The molecule has 0 aromatic carbocycles. The summed E-state index contributed by atoms with van der Waals surface area (Å²) in [5.41, 5.74) is 0. The number of carbonyl (C=O) groups is 3. The molecule has 1 unspecified atom stereocenters. The SMILES string of the molecule is CCC/C=C\CCCCCCCC(=O)OCC(COC(=O)CCCCCCCCCCC/C=C\CCCCCCCC)OC(=O)CCCCCCC/C=C\CCCC. The van der Waals surface area contributed by atoms with E-state index in [2.05, 4.69) is 57.2 Å². The molecule has 58 heavy (non-hydrogen) atoms. The first-order valence-electron chi connectivity index (χ1n) is 25.0. The standard InChI is InChI=1S/C52H94O6/c1-4-7-10-13-16-19-22-23-24-25-26-27-28-29-31-33-36-39-42-45-51(54)57-48-49(47-56-50(53)44-41-38-35-32-21-18-15-12-9-6-3)58-52(55)46-43-40-37-34-30-20-17-14-11-8-5-2/h12,14-15,17,23-24,49H,4-11,13,16,18-22,25-48H2,1-3H3/b15-12-,17-14-,24-23-. The molecule has 0 aliphatic heterocycles. The van der Waals surface area contributed by atoms with Crippen LogP contribution in [0.5, 0.6) is 0 Å². The number of unbranched alkanes of at least 4 members (excludes halogenated alkanes) is 28. The van der Waals surface area contributed by atoms with Crippen LogP contribution >= 0.6 is 0 Å². The summed E-state index contributed by atoms with van der Waals surface area (Å²) in [7, 11) is 0. The zero-order valence-corrected chi connectivity index (χ0v) is 38.6. The Labute approximate surface area is 359 Å². The fourth-order valence-electron chi connectivity index (χ4n) is 7.01. The van der Waals surface area contributed by atoms with Gasteiger partial charge in [0.05, 0.1) is 0 Å². The van der Waals surface area contributed by atoms with E-state index in [1.165, 1.54) is 135 Å². The molecule has 0 bridgehead atoms. The summed E-state index contributed by atoms with van der Waals surface area (Å²) in [5, 5.41) is 0. The zero-order valence-electron chi connectivity index (χ0n) is 38.6. The van der Waals surface area contributed by atoms with Crippen LogP contribution in [-0.2, 0) is 28.6 Å². The Kier molecular flexibility index (Phi) is 45.4. The van der Waals surface area contributed by atoms with Crippen molar-refractivity contribution < 1.29 is 28.6 Å². The molecule has 6 nitrogen and oxygen atoms in total. The van der Waals surface area contributed by atoms with E-state index in [1.54, 1.807) is 0 Å². The summed E-state index contributed by atoms with van der Waals surface area (Å²) >= 11 is 0. The number of allylic oxidation sites excluding steroid dienone is 6. The van der Waals surface area contributed by atoms with Gasteiger partial charge in [-0.05, 0) is 83.5 Å². The second-order valence-electron chi connectivity index (χ2n) is 16.7. The average molecular weight is 815 g/mol. The fraction of sp³-hybridized carbons (Fsp3) is 0.827. The monoisotopic (exact) mass is 815 g/mol. The molecule has 0 aliphatic rings. The maximum Gasteiger partial charge on any atom is 0.306 e. The Morgan fingerprint density at radius 2 is 0.621 bits per heavy atom. The van der Waals surface area contributed by atoms with Crippen LogP contribution in [0.1, 0.15) is 258 Å². The number of hydrogen-bond acceptors (Lipinski definition) is 6. The number of rotatable bonds is 45. The van der Waals surface area contributed by atoms with E-state index in [9.17, 15) is 14.4 Å². The summed E-state index contributed by atoms with van der Waals surface area (Å²) in [4.78, 5) is 37.8. The molecule has 0 heterocycles. The molecule has 0 fully saturated rings. The first-order chi connectivity index (χ1) is 28.5. The van der Waals surface area contributed by atoms with Gasteiger partial charge < -0.3 is 14.2 Å². The van der Waals surface area contributed by atoms with Gasteiger partial charge in [-0.2, -0.15) is 0 Å². The van der Waals surface area contributed by atoms with E-state index in [-0.39, 0.29) is 31.1 Å². The van der Waals surface area contributed by atoms with Crippen molar-refractivity contribution in [3.05, 3.63) is 36.5 Å². The lowest BCUT2D eigenvalue weighted by Gasteiger charge is -2.18. The van der Waals surface area contributed by atoms with Crippen molar-refractivity contribution in [3.8, 4) is 0 Å². The topological polar surface area (TPSA) is 78.9 Å². The number of carbonyl (C=O) groups excluding carboxylic acids is 3. The van der Waals surface area contributed by atoms with Crippen molar-refractivity contribution >= 4 is 17.9 Å². The molecule has 0 N–H and O–H groups in total. The fourth-order valence-corrected chi connectivity index (χ4v) is 7.01. The Hall–Kier alpha value is -2.37. The minimum absolute atomic E-state index is 0.0781. The van der Waals surface area contributed by atoms with Gasteiger partial charge in [-0.3, -0.25) is 14.4 Å². The maximum absolute atomic E-state index is 12.7. The third-order valence-electron chi connectivity index (χ3n) is 10.8. The molecule has 0 aromatic heterocycles. The van der Waals surface area contributed by atoms with Crippen LogP contribution in [0.4, 0.5) is 0 Å². The highest BCUT2D eigenvalue weighted by Gasteiger charge is 2.19. The minimum atomic E-state index is -0.776. The molecule has 0 saturated heterocycles. The predicted octanol–water partition coefficient (Wildman–Crippen LogP) is 16.1. The minimum Gasteiger partial charge on any atom is -0.462 e. The summed E-state index contributed by atoms with van der Waals surface area (Å²) in [6.07, 6.45) is 54.2. The molecule has 6 heteroatoms. The van der Waals surface area contributed by atoms with E-state index in [0.717, 1.165) is 83.5 Å². The van der Waals surface area contributed by atoms with Gasteiger partial charge in [-0.15, -0.1) is 0 Å². The smallest absolute Gasteiger partial charge is 0.306 e. The van der Waals surface area contributed by atoms with Crippen LogP contribution in [0.2, 0.25) is 0 Å². The van der Waals surface area contributed by atoms with Crippen LogP contribution in [0.3, 0.4) is 0 Å². The Morgan fingerprint density at radius 1 is 0.328 bits per heavy atom. The van der Waals surface area contributed by atoms with Crippen LogP contribution in [0.25, 0.3) is 0 Å². The van der Waals surface area contributed by atoms with E-state index < -0.39 is 6.10 Å². The van der Waals surface area contributed by atoms with Crippen molar-refractivity contribution in [1.29, 1.82) is 0 Å². The first-order valence-corrected chi connectivity index (χ1v) is 25.0. The number of ether oxygens (including phenoxy) is 3. The molecule has 1 atom stereocenters. The first kappa shape index (κ1) is 55.6. The van der Waals surface area contributed by atoms with Crippen molar-refractivity contribution in [2.45, 2.75) is 264 Å². The molecule has 0 aromatic rings. The van der Waals surface area contributed by atoms with Gasteiger partial charge in [0.25, 0.3) is 0 Å². The van der Waals surface area contributed by atoms with Crippen LogP contribution in [-0.4, -0.2) is 37.2 Å². The van der Waals surface area contributed by atoms with Crippen molar-refractivity contribution in [2.24, 2.45) is 0 Å². The van der Waals surface area contributed by atoms with Gasteiger partial charge in [-0.1, -0.05) is 192 Å². The molecular weight excluding hydrogens is 721 g/mol. The highest BCUT2D eigenvalue weighted by atomic mass is 16.6. The van der Waals surface area contributed by atoms with Crippen LogP contribution in [0.15, 0.2) is 36.5 Å². The third-order valence-corrected chi connectivity index (χ3v) is 10.8. The molecule has 0 saturated carbocycles. The summed E-state index contributed by atoms with van der Waals surface area (Å²) in [6.45, 7) is 6.53. The van der Waals surface area contributed by atoms with E-state index in [1.807, 2.05) is 0 Å². The van der Waals surface area contributed by atoms with Crippen LogP contribution in [0, 0.1) is 0 Å².